The molecule has 0 saturated carbocycles. The van der Waals surface area contributed by atoms with E-state index in [1.54, 1.807) is 6.08 Å². The van der Waals surface area contributed by atoms with E-state index in [0.29, 0.717) is 0 Å². The summed E-state index contributed by atoms with van der Waals surface area (Å²) >= 11 is 0. The minimum Gasteiger partial charge on any atom is -0.454 e. The highest BCUT2D eigenvalue weighted by Crippen LogP contribution is 2.32. The van der Waals surface area contributed by atoms with Gasteiger partial charge in [-0.15, -0.1) is 0 Å². The molecule has 1 N–H and O–H groups in total. The molecule has 140 valence electrons. The predicted octanol–water partition coefficient (Wildman–Crippen LogP) is 1.66. The van der Waals surface area contributed by atoms with Crippen LogP contribution in [-0.2, 0) is 11.3 Å². The zero-order valence-electron chi connectivity index (χ0n) is 15.6. The molecule has 0 unspecified atom stereocenters. The first-order valence-corrected chi connectivity index (χ1v) is 9.44. The van der Waals surface area contributed by atoms with E-state index in [4.69, 9.17) is 9.47 Å². The lowest BCUT2D eigenvalue weighted by Gasteiger charge is -2.32. The van der Waals surface area contributed by atoms with Gasteiger partial charge < -0.3 is 19.3 Å². The number of hydrogen-bond donors (Lipinski definition) is 1. The van der Waals surface area contributed by atoms with Gasteiger partial charge in [-0.1, -0.05) is 30.3 Å². The second kappa shape index (κ2) is 7.84. The summed E-state index contributed by atoms with van der Waals surface area (Å²) in [7, 11) is 0. The van der Waals surface area contributed by atoms with Gasteiger partial charge in [0, 0.05) is 11.6 Å². The normalized spacial score (nSPS) is 16.9. The summed E-state index contributed by atoms with van der Waals surface area (Å²) in [5.74, 6) is 1.56. The Morgan fingerprint density at radius 1 is 1.11 bits per heavy atom. The molecule has 2 aliphatic heterocycles. The summed E-state index contributed by atoms with van der Waals surface area (Å²) < 4.78 is 10.7. The van der Waals surface area contributed by atoms with E-state index in [0.717, 1.165) is 49.8 Å². The predicted molar refractivity (Wildman–Crippen MR) is 104 cm³/mol. The third-order valence-corrected chi connectivity index (χ3v) is 5.30. The van der Waals surface area contributed by atoms with Gasteiger partial charge in [0.25, 0.3) is 0 Å². The van der Waals surface area contributed by atoms with Crippen LogP contribution in [0.3, 0.4) is 0 Å². The van der Waals surface area contributed by atoms with Crippen molar-refractivity contribution in [3.05, 3.63) is 65.2 Å². The van der Waals surface area contributed by atoms with Gasteiger partial charge in [-0.3, -0.25) is 4.79 Å². The zero-order chi connectivity index (χ0) is 18.6. The van der Waals surface area contributed by atoms with Gasteiger partial charge in [-0.05, 0) is 36.3 Å². The molecule has 2 aliphatic rings. The molecule has 5 nitrogen and oxygen atoms in total. The number of fused-ring (bicyclic) bond motifs is 1. The number of rotatable bonds is 4. The van der Waals surface area contributed by atoms with Crippen LogP contribution in [0.2, 0.25) is 0 Å². The van der Waals surface area contributed by atoms with Crippen LogP contribution >= 0.6 is 0 Å². The third kappa shape index (κ3) is 4.14. The molecule has 1 saturated heterocycles. The van der Waals surface area contributed by atoms with Gasteiger partial charge in [-0.2, -0.15) is 0 Å². The largest absolute Gasteiger partial charge is 0.454 e. The topological polar surface area (TPSA) is 43.2 Å². The van der Waals surface area contributed by atoms with Crippen molar-refractivity contribution in [2.75, 3.05) is 33.0 Å². The Balaban J connectivity index is 1.30. The van der Waals surface area contributed by atoms with E-state index < -0.39 is 0 Å². The minimum absolute atomic E-state index is 0.0719. The summed E-state index contributed by atoms with van der Waals surface area (Å²) in [6, 6.07) is 14.3. The molecule has 2 heterocycles. The number of nitrogens with one attached hydrogen (secondary N) is 1. The van der Waals surface area contributed by atoms with Crippen molar-refractivity contribution in [1.82, 2.24) is 4.90 Å². The Bertz CT molecular complexity index is 854. The van der Waals surface area contributed by atoms with Gasteiger partial charge in [0.15, 0.2) is 11.5 Å². The number of carbonyl (C=O) groups excluding carboxylic acids is 1. The maximum absolute atomic E-state index is 12.5. The van der Waals surface area contributed by atoms with Crippen molar-refractivity contribution in [1.29, 1.82) is 0 Å². The lowest BCUT2D eigenvalue weighted by atomic mass is 10.1. The molecule has 0 atom stereocenters. The zero-order valence-corrected chi connectivity index (χ0v) is 15.6. The molecule has 0 spiro atoms. The van der Waals surface area contributed by atoms with Crippen LogP contribution in [0, 0.1) is 6.92 Å². The highest BCUT2D eigenvalue weighted by Gasteiger charge is 2.22. The molecule has 0 bridgehead atoms. The molecule has 2 aromatic carbocycles. The van der Waals surface area contributed by atoms with E-state index >= 15 is 0 Å². The third-order valence-electron chi connectivity index (χ3n) is 5.30. The standard InChI is InChI=1S/C22H24N2O3/c1-17-4-2-3-5-19(17)15-23-10-12-24(13-11-23)22(25)9-7-18-6-8-20-21(14-18)27-16-26-20/h2-9,14H,10-13,15-16H2,1H3/p+1/b9-7+. The van der Waals surface area contributed by atoms with Crippen molar-refractivity contribution in [3.63, 3.8) is 0 Å². The molecule has 1 fully saturated rings. The summed E-state index contributed by atoms with van der Waals surface area (Å²) in [6.45, 7) is 7.01. The van der Waals surface area contributed by atoms with Crippen LogP contribution in [0.5, 0.6) is 11.5 Å². The van der Waals surface area contributed by atoms with Gasteiger partial charge in [0.05, 0.1) is 26.2 Å². The fraction of sp³-hybridized carbons (Fsp3) is 0.318. The Labute approximate surface area is 159 Å². The first-order chi connectivity index (χ1) is 13.2. The monoisotopic (exact) mass is 365 g/mol. The molecule has 5 heteroatoms. The van der Waals surface area contributed by atoms with Crippen LogP contribution < -0.4 is 14.4 Å². The number of amides is 1. The van der Waals surface area contributed by atoms with E-state index in [-0.39, 0.29) is 12.7 Å². The molecule has 2 aromatic rings. The Morgan fingerprint density at radius 3 is 2.70 bits per heavy atom. The second-order valence-corrected chi connectivity index (χ2v) is 7.12. The molecule has 0 aromatic heterocycles. The highest BCUT2D eigenvalue weighted by molar-refractivity contribution is 5.91. The van der Waals surface area contributed by atoms with E-state index in [1.165, 1.54) is 16.0 Å². The SMILES string of the molecule is Cc1ccccc1C[NH+]1CCN(C(=O)/C=C/c2ccc3c(c2)OCO3)CC1. The number of benzene rings is 2. The van der Waals surface area contributed by atoms with Crippen LogP contribution in [-0.4, -0.2) is 43.8 Å². The van der Waals surface area contributed by atoms with E-state index in [9.17, 15) is 4.79 Å². The number of aryl methyl sites for hydroxylation is 1. The summed E-state index contributed by atoms with van der Waals surface area (Å²) in [5, 5.41) is 0. The number of ether oxygens (including phenoxy) is 2. The smallest absolute Gasteiger partial charge is 0.246 e. The van der Waals surface area contributed by atoms with Crippen LogP contribution in [0.15, 0.2) is 48.5 Å². The summed E-state index contributed by atoms with van der Waals surface area (Å²) in [4.78, 5) is 16.0. The van der Waals surface area contributed by atoms with Crippen molar-refractivity contribution in [2.24, 2.45) is 0 Å². The maximum Gasteiger partial charge on any atom is 0.246 e. The number of hydrogen-bond acceptors (Lipinski definition) is 3. The molecule has 0 radical (unpaired) electrons. The highest BCUT2D eigenvalue weighted by atomic mass is 16.7. The summed E-state index contributed by atoms with van der Waals surface area (Å²) in [5.41, 5.74) is 3.68. The van der Waals surface area contributed by atoms with Crippen LogP contribution in [0.4, 0.5) is 0 Å². The average Bonchev–Trinajstić information content (AvgIpc) is 3.16. The quantitative estimate of drug-likeness (QED) is 0.838. The number of quaternary nitrogens is 1. The number of nitrogens with zero attached hydrogens (tertiary/aromatic N) is 1. The van der Waals surface area contributed by atoms with Crippen LogP contribution in [0.25, 0.3) is 6.08 Å². The molecule has 4 rings (SSSR count). The minimum atomic E-state index is 0.0719. The molecule has 0 aliphatic carbocycles. The van der Waals surface area contributed by atoms with Gasteiger partial charge in [-0.25, -0.2) is 0 Å². The lowest BCUT2D eigenvalue weighted by Crippen LogP contribution is -3.13. The Kier molecular flexibility index (Phi) is 5.12. The first kappa shape index (κ1) is 17.6. The van der Waals surface area contributed by atoms with Crippen molar-refractivity contribution in [2.45, 2.75) is 13.5 Å². The first-order valence-electron chi connectivity index (χ1n) is 9.44. The Hall–Kier alpha value is -2.79. The van der Waals surface area contributed by atoms with Crippen LogP contribution in [0.1, 0.15) is 16.7 Å². The number of piperazine rings is 1. The van der Waals surface area contributed by atoms with Crippen molar-refractivity contribution in [3.8, 4) is 11.5 Å². The lowest BCUT2D eigenvalue weighted by molar-refractivity contribution is -0.917. The molecule has 1 amide bonds. The molecular weight excluding hydrogens is 340 g/mol. The number of carbonyl (C=O) groups is 1. The van der Waals surface area contributed by atoms with E-state index in [1.807, 2.05) is 29.2 Å². The average molecular weight is 365 g/mol. The van der Waals surface area contributed by atoms with Crippen molar-refractivity contribution < 1.29 is 19.2 Å². The second-order valence-electron chi connectivity index (χ2n) is 7.12. The van der Waals surface area contributed by atoms with E-state index in [2.05, 4.69) is 31.2 Å². The molecular formula is C22H25N2O3+. The van der Waals surface area contributed by atoms with Gasteiger partial charge >= 0.3 is 0 Å². The van der Waals surface area contributed by atoms with Gasteiger partial charge in [0.2, 0.25) is 12.7 Å². The molecule has 27 heavy (non-hydrogen) atoms. The summed E-state index contributed by atoms with van der Waals surface area (Å²) in [6.07, 6.45) is 3.50. The fourth-order valence-corrected chi connectivity index (χ4v) is 3.59. The Morgan fingerprint density at radius 2 is 1.89 bits per heavy atom. The maximum atomic E-state index is 12.5. The fourth-order valence-electron chi connectivity index (χ4n) is 3.59. The van der Waals surface area contributed by atoms with Crippen molar-refractivity contribution >= 4 is 12.0 Å². The van der Waals surface area contributed by atoms with Gasteiger partial charge in [0.1, 0.15) is 6.54 Å².